The molecule has 3 heterocycles. The van der Waals surface area contributed by atoms with Crippen molar-refractivity contribution in [3.63, 3.8) is 0 Å². The molecule has 0 radical (unpaired) electrons. The zero-order valence-electron chi connectivity index (χ0n) is 9.05. The highest BCUT2D eigenvalue weighted by Gasteiger charge is 2.23. The summed E-state index contributed by atoms with van der Waals surface area (Å²) in [6.45, 7) is 1.57. The summed E-state index contributed by atoms with van der Waals surface area (Å²) in [5.74, 6) is 0.132. The van der Waals surface area contributed by atoms with Gasteiger partial charge in [0.2, 0.25) is 0 Å². The van der Waals surface area contributed by atoms with Crippen molar-refractivity contribution in [3.8, 4) is 0 Å². The number of rotatable bonds is 1. The zero-order valence-corrected chi connectivity index (χ0v) is 11.6. The molecule has 0 N–H and O–H groups in total. The van der Waals surface area contributed by atoms with Crippen LogP contribution in [-0.4, -0.2) is 17.4 Å². The zero-order chi connectivity index (χ0) is 11.8. The molecule has 0 saturated heterocycles. The van der Waals surface area contributed by atoms with E-state index in [0.717, 1.165) is 29.3 Å². The van der Waals surface area contributed by atoms with Gasteiger partial charge in [-0.05, 0) is 29.5 Å². The van der Waals surface area contributed by atoms with Gasteiger partial charge in [-0.3, -0.25) is 4.79 Å². The Morgan fingerprint density at radius 1 is 1.41 bits per heavy atom. The second kappa shape index (κ2) is 4.48. The molecule has 17 heavy (non-hydrogen) atoms. The Morgan fingerprint density at radius 2 is 2.29 bits per heavy atom. The van der Waals surface area contributed by atoms with Gasteiger partial charge in [-0.15, -0.1) is 35.3 Å². The van der Waals surface area contributed by atoms with E-state index in [1.54, 1.807) is 11.3 Å². The molecule has 2 nitrogen and oxygen atoms in total. The van der Waals surface area contributed by atoms with Crippen LogP contribution in [0.4, 0.5) is 0 Å². The Bertz CT molecular complexity index is 558. The smallest absolute Gasteiger partial charge is 0.264 e. The van der Waals surface area contributed by atoms with Crippen molar-refractivity contribution in [2.75, 3.05) is 6.54 Å². The first-order valence-electron chi connectivity index (χ1n) is 5.36. The summed E-state index contributed by atoms with van der Waals surface area (Å²) < 4.78 is 0. The molecule has 2 aromatic heterocycles. The summed E-state index contributed by atoms with van der Waals surface area (Å²) in [5.41, 5.74) is 1.30. The van der Waals surface area contributed by atoms with E-state index < -0.39 is 0 Å². The number of hydrogen-bond donors (Lipinski definition) is 1. The third-order valence-electron chi connectivity index (χ3n) is 2.89. The third-order valence-corrected chi connectivity index (χ3v) is 5.27. The molecule has 0 aliphatic carbocycles. The highest BCUT2D eigenvalue weighted by molar-refractivity contribution is 7.80. The molecule has 3 rings (SSSR count). The Balaban J connectivity index is 1.81. The number of carbonyl (C=O) groups excluding carboxylic acids is 1. The van der Waals surface area contributed by atoms with Gasteiger partial charge < -0.3 is 4.90 Å². The predicted molar refractivity (Wildman–Crippen MR) is 74.3 cm³/mol. The van der Waals surface area contributed by atoms with Gasteiger partial charge in [0.15, 0.2) is 0 Å². The second-order valence-corrected chi connectivity index (χ2v) is 6.44. The van der Waals surface area contributed by atoms with Crippen LogP contribution >= 0.6 is 35.3 Å². The van der Waals surface area contributed by atoms with Crippen molar-refractivity contribution >= 4 is 41.2 Å². The molecule has 0 atom stereocenters. The van der Waals surface area contributed by atoms with Gasteiger partial charge in [0.05, 0.1) is 4.88 Å². The standard InChI is InChI=1S/C12H11NOS3/c14-12(11-5-9(15)7-17-11)13-3-1-10-8(6-13)2-4-16-10/h2,4-5,7,15H,1,3,6H2. The molecule has 0 bridgehead atoms. The predicted octanol–water partition coefficient (Wildman–Crippen LogP) is 3.30. The number of thiol groups is 1. The summed E-state index contributed by atoms with van der Waals surface area (Å²) >= 11 is 7.50. The normalized spacial score (nSPS) is 14.8. The van der Waals surface area contributed by atoms with Gasteiger partial charge in [0.1, 0.15) is 0 Å². The topological polar surface area (TPSA) is 20.3 Å². The van der Waals surface area contributed by atoms with E-state index >= 15 is 0 Å². The van der Waals surface area contributed by atoms with E-state index in [0.29, 0.717) is 0 Å². The summed E-state index contributed by atoms with van der Waals surface area (Å²) in [7, 11) is 0. The molecule has 0 fully saturated rings. The molecule has 0 saturated carbocycles. The molecule has 5 heteroatoms. The fourth-order valence-electron chi connectivity index (χ4n) is 2.02. The lowest BCUT2D eigenvalue weighted by Crippen LogP contribution is -2.34. The Labute approximate surface area is 113 Å². The van der Waals surface area contributed by atoms with Crippen molar-refractivity contribution in [2.45, 2.75) is 17.9 Å². The molecule has 1 aliphatic rings. The first kappa shape index (κ1) is 11.3. The van der Waals surface area contributed by atoms with Gasteiger partial charge in [-0.1, -0.05) is 0 Å². The molecule has 2 aromatic rings. The van der Waals surface area contributed by atoms with E-state index in [2.05, 4.69) is 24.1 Å². The number of carbonyl (C=O) groups is 1. The quantitative estimate of drug-likeness (QED) is 0.795. The fraction of sp³-hybridized carbons (Fsp3) is 0.250. The highest BCUT2D eigenvalue weighted by atomic mass is 32.1. The SMILES string of the molecule is O=C(c1cc(S)cs1)N1CCc2sccc2C1. The summed E-state index contributed by atoms with van der Waals surface area (Å²) in [6.07, 6.45) is 0.984. The average molecular weight is 281 g/mol. The van der Waals surface area contributed by atoms with Crippen molar-refractivity contribution in [1.82, 2.24) is 4.90 Å². The monoisotopic (exact) mass is 281 g/mol. The van der Waals surface area contributed by atoms with Crippen LogP contribution in [0.25, 0.3) is 0 Å². The van der Waals surface area contributed by atoms with Crippen molar-refractivity contribution < 1.29 is 4.79 Å². The lowest BCUT2D eigenvalue weighted by atomic mass is 10.1. The molecule has 0 spiro atoms. The van der Waals surface area contributed by atoms with Crippen LogP contribution in [0.5, 0.6) is 0 Å². The highest BCUT2D eigenvalue weighted by Crippen LogP contribution is 2.26. The van der Waals surface area contributed by atoms with Crippen molar-refractivity contribution in [3.05, 3.63) is 38.2 Å². The summed E-state index contributed by atoms with van der Waals surface area (Å²) in [4.78, 5) is 17.3. The van der Waals surface area contributed by atoms with Gasteiger partial charge in [-0.2, -0.15) is 0 Å². The minimum Gasteiger partial charge on any atom is -0.333 e. The number of nitrogens with zero attached hydrogens (tertiary/aromatic N) is 1. The third kappa shape index (κ3) is 2.14. The molecular formula is C12H11NOS3. The van der Waals surface area contributed by atoms with Crippen LogP contribution in [0.2, 0.25) is 0 Å². The fourth-order valence-corrected chi connectivity index (χ4v) is 4.02. The minimum atomic E-state index is 0.132. The van der Waals surface area contributed by atoms with Crippen LogP contribution in [0.3, 0.4) is 0 Å². The molecule has 0 aromatic carbocycles. The Hall–Kier alpha value is -0.780. The van der Waals surface area contributed by atoms with E-state index in [4.69, 9.17) is 0 Å². The van der Waals surface area contributed by atoms with E-state index in [1.807, 2.05) is 16.3 Å². The van der Waals surface area contributed by atoms with Gasteiger partial charge in [-0.25, -0.2) is 0 Å². The largest absolute Gasteiger partial charge is 0.333 e. The second-order valence-electron chi connectivity index (χ2n) is 4.01. The minimum absolute atomic E-state index is 0.132. The number of amides is 1. The maximum atomic E-state index is 12.3. The first-order valence-corrected chi connectivity index (χ1v) is 7.57. The van der Waals surface area contributed by atoms with Gasteiger partial charge in [0.25, 0.3) is 5.91 Å². The number of thiophene rings is 2. The maximum absolute atomic E-state index is 12.3. The molecule has 1 aliphatic heterocycles. The van der Waals surface area contributed by atoms with E-state index in [1.165, 1.54) is 21.8 Å². The van der Waals surface area contributed by atoms with Crippen LogP contribution in [0, 0.1) is 0 Å². The molecule has 1 amide bonds. The molecule has 0 unspecified atom stereocenters. The Morgan fingerprint density at radius 3 is 3.06 bits per heavy atom. The Kier molecular flexibility index (Phi) is 2.98. The van der Waals surface area contributed by atoms with Crippen LogP contribution < -0.4 is 0 Å². The molecular weight excluding hydrogens is 270 g/mol. The lowest BCUT2D eigenvalue weighted by Gasteiger charge is -2.26. The van der Waals surface area contributed by atoms with Gasteiger partial charge >= 0.3 is 0 Å². The average Bonchev–Trinajstić information content (AvgIpc) is 2.95. The van der Waals surface area contributed by atoms with Crippen LogP contribution in [-0.2, 0) is 13.0 Å². The van der Waals surface area contributed by atoms with Crippen LogP contribution in [0.1, 0.15) is 20.1 Å². The van der Waals surface area contributed by atoms with E-state index in [-0.39, 0.29) is 5.91 Å². The summed E-state index contributed by atoms with van der Waals surface area (Å²) in [6, 6.07) is 3.97. The van der Waals surface area contributed by atoms with Crippen molar-refractivity contribution in [1.29, 1.82) is 0 Å². The first-order chi connectivity index (χ1) is 8.24. The van der Waals surface area contributed by atoms with E-state index in [9.17, 15) is 4.79 Å². The number of fused-ring (bicyclic) bond motifs is 1. The maximum Gasteiger partial charge on any atom is 0.264 e. The molecule has 88 valence electrons. The lowest BCUT2D eigenvalue weighted by molar-refractivity contribution is 0.0740. The van der Waals surface area contributed by atoms with Crippen LogP contribution in [0.15, 0.2) is 27.8 Å². The van der Waals surface area contributed by atoms with Crippen molar-refractivity contribution in [2.24, 2.45) is 0 Å². The number of hydrogen-bond acceptors (Lipinski definition) is 4. The summed E-state index contributed by atoms with van der Waals surface area (Å²) in [5, 5.41) is 4.01. The van der Waals surface area contributed by atoms with Gasteiger partial charge in [0, 0.05) is 28.2 Å².